The predicted molar refractivity (Wildman–Crippen MR) is 88.0 cm³/mol. The molecular weight excluding hydrogens is 296 g/mol. The Labute approximate surface area is 132 Å². The van der Waals surface area contributed by atoms with Crippen molar-refractivity contribution in [3.63, 3.8) is 0 Å². The molecule has 4 nitrogen and oxygen atoms in total. The average molecular weight is 316 g/mol. The van der Waals surface area contributed by atoms with E-state index in [-0.39, 0.29) is 10.3 Å². The Bertz CT molecular complexity index is 769. The first-order valence-electron chi connectivity index (χ1n) is 7.04. The Morgan fingerprint density at radius 1 is 0.864 bits per heavy atom. The molecule has 0 saturated heterocycles. The Morgan fingerprint density at radius 2 is 1.41 bits per heavy atom. The highest BCUT2D eigenvalue weighted by Gasteiger charge is 2.14. The summed E-state index contributed by atoms with van der Waals surface area (Å²) in [5.74, 6) is 0. The number of aryl methyl sites for hydroxylation is 1. The van der Waals surface area contributed by atoms with E-state index in [1.54, 1.807) is 24.3 Å². The molecule has 0 fully saturated rings. The lowest BCUT2D eigenvalue weighted by Gasteiger charge is -2.18. The van der Waals surface area contributed by atoms with Crippen LogP contribution >= 0.6 is 0 Å². The SMILES string of the molecule is Cc1ccc(S(=O)(=O)N=Nc2ccc(C(C)(C)C)cc2)cc1. The molecule has 0 atom stereocenters. The Hall–Kier alpha value is -2.01. The fourth-order valence-electron chi connectivity index (χ4n) is 1.89. The van der Waals surface area contributed by atoms with Crippen LogP contribution in [0.2, 0.25) is 0 Å². The summed E-state index contributed by atoms with van der Waals surface area (Å²) in [5.41, 5.74) is 2.72. The molecule has 0 aliphatic rings. The van der Waals surface area contributed by atoms with E-state index >= 15 is 0 Å². The van der Waals surface area contributed by atoms with Crippen LogP contribution in [-0.4, -0.2) is 8.42 Å². The van der Waals surface area contributed by atoms with Gasteiger partial charge in [0.15, 0.2) is 0 Å². The number of hydrogen-bond donors (Lipinski definition) is 0. The molecule has 116 valence electrons. The fourth-order valence-corrected chi connectivity index (χ4v) is 2.66. The van der Waals surface area contributed by atoms with Gasteiger partial charge in [0.05, 0.1) is 10.6 Å². The lowest BCUT2D eigenvalue weighted by atomic mass is 9.87. The maximum Gasteiger partial charge on any atom is 0.299 e. The second-order valence-electron chi connectivity index (χ2n) is 6.27. The summed E-state index contributed by atoms with van der Waals surface area (Å²) in [6, 6.07) is 14.0. The van der Waals surface area contributed by atoms with E-state index in [0.29, 0.717) is 5.69 Å². The zero-order valence-corrected chi connectivity index (χ0v) is 14.1. The molecule has 0 aromatic heterocycles. The van der Waals surface area contributed by atoms with Crippen LogP contribution < -0.4 is 0 Å². The zero-order chi connectivity index (χ0) is 16.4. The molecule has 0 amide bonds. The summed E-state index contributed by atoms with van der Waals surface area (Å²) in [6.45, 7) is 8.25. The third kappa shape index (κ3) is 4.01. The van der Waals surface area contributed by atoms with E-state index in [1.807, 2.05) is 19.1 Å². The minimum atomic E-state index is -3.76. The van der Waals surface area contributed by atoms with Gasteiger partial charge in [0.1, 0.15) is 0 Å². The molecule has 2 rings (SSSR count). The third-order valence-electron chi connectivity index (χ3n) is 3.32. The van der Waals surface area contributed by atoms with Gasteiger partial charge in [-0.2, -0.15) is 8.42 Å². The van der Waals surface area contributed by atoms with E-state index < -0.39 is 10.0 Å². The number of sulfonamides is 1. The van der Waals surface area contributed by atoms with Crippen LogP contribution in [0.25, 0.3) is 0 Å². The maximum absolute atomic E-state index is 12.1. The number of rotatable bonds is 3. The molecule has 0 unspecified atom stereocenters. The molecule has 0 heterocycles. The minimum Gasteiger partial charge on any atom is -0.198 e. The first kappa shape index (κ1) is 16.4. The third-order valence-corrected chi connectivity index (χ3v) is 4.48. The van der Waals surface area contributed by atoms with E-state index in [4.69, 9.17) is 0 Å². The topological polar surface area (TPSA) is 58.9 Å². The molecule has 0 N–H and O–H groups in total. The summed E-state index contributed by atoms with van der Waals surface area (Å²) in [6.07, 6.45) is 0. The lowest BCUT2D eigenvalue weighted by molar-refractivity contribution is 0.590. The summed E-state index contributed by atoms with van der Waals surface area (Å²) in [5, 5.41) is 3.84. The van der Waals surface area contributed by atoms with Gasteiger partial charge in [-0.3, -0.25) is 0 Å². The van der Waals surface area contributed by atoms with Gasteiger partial charge < -0.3 is 0 Å². The Kier molecular flexibility index (Phi) is 4.47. The summed E-state index contributed by atoms with van der Waals surface area (Å²) < 4.78 is 27.7. The lowest BCUT2D eigenvalue weighted by Crippen LogP contribution is -2.10. The number of benzene rings is 2. The van der Waals surface area contributed by atoms with Gasteiger partial charge in [-0.15, -0.1) is 5.11 Å². The number of nitrogens with zero attached hydrogens (tertiary/aromatic N) is 2. The highest BCUT2D eigenvalue weighted by molar-refractivity contribution is 7.90. The van der Waals surface area contributed by atoms with Crippen LogP contribution in [0, 0.1) is 6.92 Å². The molecular formula is C17H20N2O2S. The van der Waals surface area contributed by atoms with Crippen molar-refractivity contribution < 1.29 is 8.42 Å². The van der Waals surface area contributed by atoms with Crippen molar-refractivity contribution >= 4 is 15.7 Å². The first-order valence-corrected chi connectivity index (χ1v) is 8.48. The Morgan fingerprint density at radius 3 is 1.91 bits per heavy atom. The smallest absolute Gasteiger partial charge is 0.198 e. The van der Waals surface area contributed by atoms with Crippen molar-refractivity contribution in [1.29, 1.82) is 0 Å². The molecule has 22 heavy (non-hydrogen) atoms. The molecule has 0 spiro atoms. The van der Waals surface area contributed by atoms with Crippen LogP contribution in [0.3, 0.4) is 0 Å². The number of hydrogen-bond acceptors (Lipinski definition) is 3. The molecule has 0 aliphatic heterocycles. The first-order chi connectivity index (χ1) is 10.2. The highest BCUT2D eigenvalue weighted by atomic mass is 32.2. The summed E-state index contributed by atoms with van der Waals surface area (Å²) in [4.78, 5) is 0.146. The van der Waals surface area contributed by atoms with Crippen molar-refractivity contribution in [3.8, 4) is 0 Å². The summed E-state index contributed by atoms with van der Waals surface area (Å²) >= 11 is 0. The molecule has 0 bridgehead atoms. The van der Waals surface area contributed by atoms with Gasteiger partial charge in [-0.1, -0.05) is 55.1 Å². The van der Waals surface area contributed by atoms with Crippen LogP contribution in [0.4, 0.5) is 5.69 Å². The standard InChI is InChI=1S/C17H20N2O2S/c1-13-5-11-16(12-6-13)22(20,21)19-18-15-9-7-14(8-10-15)17(2,3)4/h5-12H,1-4H3. The van der Waals surface area contributed by atoms with Gasteiger partial charge >= 0.3 is 0 Å². The van der Waals surface area contributed by atoms with Gasteiger partial charge in [-0.25, -0.2) is 0 Å². The van der Waals surface area contributed by atoms with E-state index in [0.717, 1.165) is 11.1 Å². The average Bonchev–Trinajstić information content (AvgIpc) is 2.45. The second kappa shape index (κ2) is 6.01. The van der Waals surface area contributed by atoms with Crippen molar-refractivity contribution in [3.05, 3.63) is 59.7 Å². The van der Waals surface area contributed by atoms with Crippen molar-refractivity contribution in [1.82, 2.24) is 0 Å². The normalized spacial score (nSPS) is 12.7. The molecule has 2 aromatic carbocycles. The fraction of sp³-hybridized carbons (Fsp3) is 0.294. The van der Waals surface area contributed by atoms with E-state index in [9.17, 15) is 8.42 Å². The molecule has 2 aromatic rings. The minimum absolute atomic E-state index is 0.0453. The second-order valence-corrected chi connectivity index (χ2v) is 7.85. The monoisotopic (exact) mass is 316 g/mol. The van der Waals surface area contributed by atoms with E-state index in [2.05, 4.69) is 30.4 Å². The molecule has 0 radical (unpaired) electrons. The van der Waals surface area contributed by atoms with Gasteiger partial charge in [0.2, 0.25) is 0 Å². The van der Waals surface area contributed by atoms with Gasteiger partial charge in [0, 0.05) is 0 Å². The van der Waals surface area contributed by atoms with Crippen LogP contribution in [-0.2, 0) is 15.4 Å². The molecule has 5 heteroatoms. The largest absolute Gasteiger partial charge is 0.299 e. The predicted octanol–water partition coefficient (Wildman–Crippen LogP) is 4.77. The highest BCUT2D eigenvalue weighted by Crippen LogP contribution is 2.25. The van der Waals surface area contributed by atoms with Crippen LogP contribution in [0.1, 0.15) is 31.9 Å². The summed E-state index contributed by atoms with van der Waals surface area (Å²) in [7, 11) is -3.76. The van der Waals surface area contributed by atoms with Crippen LogP contribution in [0.15, 0.2) is 63.1 Å². The van der Waals surface area contributed by atoms with Crippen molar-refractivity contribution in [2.75, 3.05) is 0 Å². The zero-order valence-electron chi connectivity index (χ0n) is 13.2. The maximum atomic E-state index is 12.1. The molecule has 0 aliphatic carbocycles. The Balaban J connectivity index is 2.22. The van der Waals surface area contributed by atoms with Crippen molar-refractivity contribution in [2.24, 2.45) is 9.63 Å². The van der Waals surface area contributed by atoms with Gasteiger partial charge in [-0.05, 0) is 42.2 Å². The van der Waals surface area contributed by atoms with Crippen LogP contribution in [0.5, 0.6) is 0 Å². The van der Waals surface area contributed by atoms with E-state index in [1.165, 1.54) is 12.1 Å². The van der Waals surface area contributed by atoms with Crippen molar-refractivity contribution in [2.45, 2.75) is 38.0 Å². The molecule has 0 saturated carbocycles. The van der Waals surface area contributed by atoms with Gasteiger partial charge in [0.25, 0.3) is 10.0 Å². The quantitative estimate of drug-likeness (QED) is 0.766.